The van der Waals surface area contributed by atoms with E-state index in [0.29, 0.717) is 32.1 Å². The highest BCUT2D eigenvalue weighted by Crippen LogP contribution is 2.40. The van der Waals surface area contributed by atoms with Crippen LogP contribution in [0.25, 0.3) is 0 Å². The number of hydrogen-bond acceptors (Lipinski definition) is 4. The standard InChI is InChI=1S/C34H34N2O2.C32H30N2O2/c1-25-11-9-17-31(23-25)35(29-13-5-3-6-14-29)33(37)27-19-21-28(22-20-27)34(38)36(30-15-7-4-8-16-30)32-18-10-12-26(2)24-32;35-31(33(27-16-5-1-6-17-27)28-18-7-2-8-19-28)25-14-13-15-26(24-25)32(36)34(29-20-9-3-10-21-29)30-22-11-4-12-23-30/h3-18,23-24,27-28H,19-22H2,1-2H3;1-12,16-23,25-26H,13-15,24H2. The quantitative estimate of drug-likeness (QED) is 0.122. The van der Waals surface area contributed by atoms with E-state index in [2.05, 4.69) is 12.1 Å². The summed E-state index contributed by atoms with van der Waals surface area (Å²) < 4.78 is 0. The molecule has 0 bridgehead atoms. The average molecular weight is 977 g/mol. The first kappa shape index (κ1) is 50.6. The Kier molecular flexibility index (Phi) is 16.7. The highest BCUT2D eigenvalue weighted by atomic mass is 16.2. The first-order valence-corrected chi connectivity index (χ1v) is 26.0. The lowest BCUT2D eigenvalue weighted by Crippen LogP contribution is -2.40. The maximum absolute atomic E-state index is 14.0. The predicted molar refractivity (Wildman–Crippen MR) is 300 cm³/mol. The summed E-state index contributed by atoms with van der Waals surface area (Å²) in [6.07, 6.45) is 5.75. The van der Waals surface area contributed by atoms with Crippen LogP contribution in [0.4, 0.5) is 45.5 Å². The maximum atomic E-state index is 14.0. The van der Waals surface area contributed by atoms with E-state index < -0.39 is 0 Å². The fraction of sp³-hybridized carbons (Fsp3) is 0.212. The van der Waals surface area contributed by atoms with E-state index in [9.17, 15) is 19.2 Å². The summed E-state index contributed by atoms with van der Waals surface area (Å²) in [6, 6.07) is 75.0. The second kappa shape index (κ2) is 24.4. The smallest absolute Gasteiger partial charge is 0.234 e. The number of benzene rings is 8. The molecule has 372 valence electrons. The molecule has 8 heteroatoms. The van der Waals surface area contributed by atoms with Crippen molar-refractivity contribution in [3.05, 3.63) is 242 Å². The van der Waals surface area contributed by atoms with Crippen molar-refractivity contribution in [2.45, 2.75) is 65.2 Å². The van der Waals surface area contributed by atoms with Crippen molar-refractivity contribution < 1.29 is 19.2 Å². The monoisotopic (exact) mass is 976 g/mol. The number of para-hydroxylation sites is 6. The van der Waals surface area contributed by atoms with E-state index in [1.54, 1.807) is 0 Å². The molecule has 2 aliphatic carbocycles. The summed E-state index contributed by atoms with van der Waals surface area (Å²) in [4.78, 5) is 63.1. The molecule has 0 radical (unpaired) electrons. The molecular weight excluding hydrogens is 913 g/mol. The molecule has 8 aromatic carbocycles. The zero-order valence-electron chi connectivity index (χ0n) is 42.3. The number of aryl methyl sites for hydroxylation is 2. The number of anilines is 8. The molecule has 10 rings (SSSR count). The number of hydrogen-bond donors (Lipinski definition) is 0. The topological polar surface area (TPSA) is 81.2 Å². The third kappa shape index (κ3) is 12.1. The molecule has 8 aromatic rings. The predicted octanol–water partition coefficient (Wildman–Crippen LogP) is 15.7. The summed E-state index contributed by atoms with van der Waals surface area (Å²) in [7, 11) is 0. The van der Waals surface area contributed by atoms with Gasteiger partial charge >= 0.3 is 0 Å². The van der Waals surface area contributed by atoms with E-state index in [4.69, 9.17) is 0 Å². The summed E-state index contributed by atoms with van der Waals surface area (Å²) in [5.41, 5.74) is 9.12. The second-order valence-corrected chi connectivity index (χ2v) is 19.5. The second-order valence-electron chi connectivity index (χ2n) is 19.5. The van der Waals surface area contributed by atoms with Crippen LogP contribution >= 0.6 is 0 Å². The first-order valence-electron chi connectivity index (χ1n) is 26.0. The van der Waals surface area contributed by atoms with Gasteiger partial charge in [-0.2, -0.15) is 0 Å². The van der Waals surface area contributed by atoms with Crippen LogP contribution < -0.4 is 19.6 Å². The van der Waals surface area contributed by atoms with Gasteiger partial charge in [-0.3, -0.25) is 38.8 Å². The minimum absolute atomic E-state index is 0.0517. The lowest BCUT2D eigenvalue weighted by molar-refractivity contribution is -0.127. The van der Waals surface area contributed by atoms with E-state index in [-0.39, 0.29) is 47.3 Å². The Bertz CT molecular complexity index is 2800. The molecule has 2 fully saturated rings. The highest BCUT2D eigenvalue weighted by Gasteiger charge is 2.38. The van der Waals surface area contributed by atoms with E-state index in [1.165, 1.54) is 0 Å². The molecule has 2 unspecified atom stereocenters. The van der Waals surface area contributed by atoms with Crippen LogP contribution in [0.1, 0.15) is 62.5 Å². The summed E-state index contributed by atoms with van der Waals surface area (Å²) in [6.45, 7) is 4.08. The molecule has 0 aromatic heterocycles. The summed E-state index contributed by atoms with van der Waals surface area (Å²) >= 11 is 0. The zero-order chi connectivity index (χ0) is 51.2. The molecule has 2 aliphatic rings. The van der Waals surface area contributed by atoms with E-state index in [1.807, 2.05) is 252 Å². The number of carbonyl (C=O) groups excluding carboxylic acids is 4. The lowest BCUT2D eigenvalue weighted by Gasteiger charge is -2.34. The normalized spacial score (nSPS) is 17.1. The van der Waals surface area contributed by atoms with E-state index >= 15 is 0 Å². The third-order valence-electron chi connectivity index (χ3n) is 14.3. The molecule has 74 heavy (non-hydrogen) atoms. The molecule has 0 N–H and O–H groups in total. The molecule has 4 amide bonds. The van der Waals surface area contributed by atoms with Crippen molar-refractivity contribution >= 4 is 69.1 Å². The maximum Gasteiger partial charge on any atom is 0.234 e. The number of carbonyl (C=O) groups is 4. The zero-order valence-corrected chi connectivity index (χ0v) is 42.3. The molecule has 0 saturated heterocycles. The van der Waals surface area contributed by atoms with Crippen molar-refractivity contribution in [1.82, 2.24) is 0 Å². The SMILES string of the molecule is Cc1cccc(N(C(=O)C2CCC(C(=O)N(c3ccccc3)c3cccc(C)c3)CC2)c2ccccc2)c1.O=C(C1CCCC(C(=O)N(c2ccccc2)c2ccccc2)C1)N(c1ccccc1)c1ccccc1. The Morgan fingerprint density at radius 1 is 0.284 bits per heavy atom. The van der Waals surface area contributed by atoms with Crippen molar-refractivity contribution in [2.75, 3.05) is 19.6 Å². The number of nitrogens with zero attached hydrogens (tertiary/aromatic N) is 4. The van der Waals surface area contributed by atoms with Gasteiger partial charge in [-0.25, -0.2) is 0 Å². The molecule has 0 heterocycles. The van der Waals surface area contributed by atoms with Crippen LogP contribution in [0.5, 0.6) is 0 Å². The molecular formula is C66H64N4O4. The van der Waals surface area contributed by atoms with Gasteiger partial charge in [0.15, 0.2) is 0 Å². The van der Waals surface area contributed by atoms with Gasteiger partial charge < -0.3 is 0 Å². The van der Waals surface area contributed by atoms with Crippen LogP contribution in [0.3, 0.4) is 0 Å². The van der Waals surface area contributed by atoms with Crippen molar-refractivity contribution in [2.24, 2.45) is 23.7 Å². The fourth-order valence-electron chi connectivity index (χ4n) is 10.6. The van der Waals surface area contributed by atoms with Gasteiger partial charge in [0.2, 0.25) is 23.6 Å². The largest absolute Gasteiger partial charge is 0.281 e. The van der Waals surface area contributed by atoms with E-state index in [0.717, 1.165) is 75.9 Å². The Morgan fingerprint density at radius 3 is 0.770 bits per heavy atom. The Balaban J connectivity index is 0.000000182. The van der Waals surface area contributed by atoms with Crippen molar-refractivity contribution in [3.8, 4) is 0 Å². The van der Waals surface area contributed by atoms with Gasteiger partial charge in [0.25, 0.3) is 0 Å². The highest BCUT2D eigenvalue weighted by molar-refractivity contribution is 6.05. The molecule has 0 aliphatic heterocycles. The summed E-state index contributed by atoms with van der Waals surface area (Å²) in [5.74, 6) is -0.375. The van der Waals surface area contributed by atoms with Crippen LogP contribution in [-0.2, 0) is 19.2 Å². The third-order valence-corrected chi connectivity index (χ3v) is 14.3. The Hall–Kier alpha value is -8.36. The molecule has 8 nitrogen and oxygen atoms in total. The van der Waals surface area contributed by atoms with Gasteiger partial charge in [0.1, 0.15) is 0 Å². The Morgan fingerprint density at radius 2 is 0.514 bits per heavy atom. The Labute approximate surface area is 436 Å². The van der Waals surface area contributed by atoms with Gasteiger partial charge in [0.05, 0.1) is 0 Å². The molecule has 2 atom stereocenters. The van der Waals surface area contributed by atoms with Crippen LogP contribution in [0, 0.1) is 37.5 Å². The first-order chi connectivity index (χ1) is 36.2. The van der Waals surface area contributed by atoms with Crippen LogP contribution in [0.15, 0.2) is 231 Å². The molecule has 2 saturated carbocycles. The minimum atomic E-state index is -0.221. The van der Waals surface area contributed by atoms with Gasteiger partial charge in [-0.15, -0.1) is 0 Å². The van der Waals surface area contributed by atoms with Crippen LogP contribution in [0.2, 0.25) is 0 Å². The molecule has 0 spiro atoms. The van der Waals surface area contributed by atoms with Gasteiger partial charge in [-0.05, 0) is 167 Å². The van der Waals surface area contributed by atoms with Crippen molar-refractivity contribution in [3.63, 3.8) is 0 Å². The van der Waals surface area contributed by atoms with Crippen molar-refractivity contribution in [1.29, 1.82) is 0 Å². The van der Waals surface area contributed by atoms with Crippen LogP contribution in [-0.4, -0.2) is 23.6 Å². The number of amides is 4. The fourth-order valence-corrected chi connectivity index (χ4v) is 10.6. The minimum Gasteiger partial charge on any atom is -0.281 e. The van der Waals surface area contributed by atoms with Gasteiger partial charge in [-0.1, -0.05) is 140 Å². The van der Waals surface area contributed by atoms with Gasteiger partial charge in [0, 0.05) is 69.2 Å². The number of rotatable bonds is 12. The lowest BCUT2D eigenvalue weighted by atomic mass is 9.79. The average Bonchev–Trinajstić information content (AvgIpc) is 3.45. The summed E-state index contributed by atoms with van der Waals surface area (Å²) in [5, 5.41) is 0.